The van der Waals surface area contributed by atoms with E-state index in [-0.39, 0.29) is 23.1 Å². The molecule has 6 atom stereocenters. The molecule has 5 rings (SSSR count). The first kappa shape index (κ1) is 33.8. The number of anilines is 1. The summed E-state index contributed by atoms with van der Waals surface area (Å²) in [5.41, 5.74) is 4.64. The minimum Gasteiger partial charge on any atom is -0.461 e. The van der Waals surface area contributed by atoms with E-state index in [0.29, 0.717) is 17.1 Å². The standard InChI is InChI=1S/C31H41N6O8P/c1-19(29(40)43-21-12-10-20(11-13-21)30(2,3)4)36-46(41,45-22-8-6-5-7-9-22)42-17-31(16-32)27(39)25(38)26(44-31)23-14-15-24-28(33)34-18-35-37(23)24/h5-9,14-15,18-21,25-27,38-39H,10-13,17H2,1-4H3,(H,36,41)(H2,33,34,35)/t19-,20?,21?,25-,26-,27-,31+,46+/m0/s1. The number of nitrogen functional groups attached to an aromatic ring is 1. The minimum absolute atomic E-state index is 0.160. The summed E-state index contributed by atoms with van der Waals surface area (Å²) in [4.78, 5) is 17.0. The molecular weight excluding hydrogens is 615 g/mol. The number of nitriles is 1. The molecule has 1 aromatic carbocycles. The Morgan fingerprint density at radius 1 is 1.22 bits per heavy atom. The van der Waals surface area contributed by atoms with Gasteiger partial charge in [0.2, 0.25) is 5.60 Å². The van der Waals surface area contributed by atoms with Crippen LogP contribution < -0.4 is 15.3 Å². The highest BCUT2D eigenvalue weighted by Gasteiger charge is 2.57. The number of carbonyl (C=O) groups is 1. The van der Waals surface area contributed by atoms with Gasteiger partial charge in [-0.25, -0.2) is 14.1 Å². The number of nitrogens with two attached hydrogens (primary N) is 1. The molecule has 3 aromatic rings. The average molecular weight is 657 g/mol. The number of para-hydroxylation sites is 1. The van der Waals surface area contributed by atoms with Crippen molar-refractivity contribution in [3.05, 3.63) is 54.5 Å². The molecule has 0 unspecified atom stereocenters. The third-order valence-electron chi connectivity index (χ3n) is 8.75. The lowest BCUT2D eigenvalue weighted by Gasteiger charge is -2.37. The van der Waals surface area contributed by atoms with E-state index in [1.54, 1.807) is 42.5 Å². The number of benzene rings is 1. The highest BCUT2D eigenvalue weighted by molar-refractivity contribution is 7.52. The average Bonchev–Trinajstić information content (AvgIpc) is 3.56. The molecule has 1 aliphatic carbocycles. The van der Waals surface area contributed by atoms with Crippen LogP contribution in [0.2, 0.25) is 0 Å². The Hall–Kier alpha value is -3.57. The molecule has 0 bridgehead atoms. The van der Waals surface area contributed by atoms with Gasteiger partial charge in [0.05, 0.1) is 5.69 Å². The number of carbonyl (C=O) groups excluding carboxylic acids is 1. The zero-order valence-electron chi connectivity index (χ0n) is 26.3. The summed E-state index contributed by atoms with van der Waals surface area (Å²) in [5, 5.41) is 39.0. The normalized spacial score (nSPS) is 28.7. The van der Waals surface area contributed by atoms with Gasteiger partial charge < -0.3 is 29.9 Å². The van der Waals surface area contributed by atoms with Gasteiger partial charge in [0.15, 0.2) is 5.82 Å². The first-order chi connectivity index (χ1) is 21.7. The number of ether oxygens (including phenoxy) is 2. The predicted octanol–water partition coefficient (Wildman–Crippen LogP) is 3.70. The summed E-state index contributed by atoms with van der Waals surface area (Å²) in [6.07, 6.45) is -0.332. The molecule has 2 aromatic heterocycles. The molecule has 2 aliphatic rings. The summed E-state index contributed by atoms with van der Waals surface area (Å²) in [7, 11) is -4.43. The maximum atomic E-state index is 14.2. The number of nitrogens with zero attached hydrogens (tertiary/aromatic N) is 4. The molecule has 46 heavy (non-hydrogen) atoms. The number of aliphatic hydroxyl groups excluding tert-OH is 2. The predicted molar refractivity (Wildman–Crippen MR) is 166 cm³/mol. The molecule has 2 fully saturated rings. The largest absolute Gasteiger partial charge is 0.461 e. The summed E-state index contributed by atoms with van der Waals surface area (Å²) in [6.45, 7) is 7.30. The number of aliphatic hydroxyl groups is 2. The number of hydrogen-bond acceptors (Lipinski definition) is 12. The maximum absolute atomic E-state index is 14.2. The van der Waals surface area contributed by atoms with Crippen LogP contribution in [0.1, 0.15) is 65.2 Å². The zero-order valence-corrected chi connectivity index (χ0v) is 27.2. The van der Waals surface area contributed by atoms with E-state index in [1.807, 2.05) is 6.07 Å². The van der Waals surface area contributed by atoms with Crippen molar-refractivity contribution in [1.82, 2.24) is 19.7 Å². The fraction of sp³-hybridized carbons (Fsp3) is 0.548. The van der Waals surface area contributed by atoms with Gasteiger partial charge in [0, 0.05) is 0 Å². The van der Waals surface area contributed by atoms with E-state index in [4.69, 9.17) is 24.3 Å². The van der Waals surface area contributed by atoms with E-state index in [0.717, 1.165) is 25.7 Å². The fourth-order valence-corrected chi connectivity index (χ4v) is 7.49. The maximum Gasteiger partial charge on any atom is 0.459 e. The van der Waals surface area contributed by atoms with Crippen LogP contribution in [-0.4, -0.2) is 67.3 Å². The van der Waals surface area contributed by atoms with Crippen LogP contribution in [0.4, 0.5) is 5.82 Å². The van der Waals surface area contributed by atoms with Gasteiger partial charge >= 0.3 is 13.7 Å². The van der Waals surface area contributed by atoms with Crippen molar-refractivity contribution < 1.29 is 38.1 Å². The minimum atomic E-state index is -4.43. The lowest BCUT2D eigenvalue weighted by molar-refractivity contribution is -0.153. The van der Waals surface area contributed by atoms with E-state index < -0.39 is 50.3 Å². The smallest absolute Gasteiger partial charge is 0.459 e. The van der Waals surface area contributed by atoms with Gasteiger partial charge in [0.1, 0.15) is 60.7 Å². The lowest BCUT2D eigenvalue weighted by Crippen LogP contribution is -2.46. The van der Waals surface area contributed by atoms with E-state index in [9.17, 15) is 24.8 Å². The molecular formula is C31H41N6O8P. The molecule has 1 aliphatic heterocycles. The second-order valence-corrected chi connectivity index (χ2v) is 14.7. The van der Waals surface area contributed by atoms with Crippen molar-refractivity contribution in [2.75, 3.05) is 12.3 Å². The number of hydrogen-bond donors (Lipinski definition) is 4. The first-order valence-electron chi connectivity index (χ1n) is 15.3. The Balaban J connectivity index is 1.31. The van der Waals surface area contributed by atoms with Crippen LogP contribution in [0.15, 0.2) is 48.8 Å². The van der Waals surface area contributed by atoms with Crippen LogP contribution >= 0.6 is 7.75 Å². The molecule has 0 spiro atoms. The monoisotopic (exact) mass is 656 g/mol. The van der Waals surface area contributed by atoms with E-state index in [1.165, 1.54) is 17.8 Å². The van der Waals surface area contributed by atoms with E-state index >= 15 is 0 Å². The zero-order chi connectivity index (χ0) is 33.3. The fourth-order valence-electron chi connectivity index (χ4n) is 5.97. The van der Waals surface area contributed by atoms with Crippen LogP contribution in [0.25, 0.3) is 5.52 Å². The summed E-state index contributed by atoms with van der Waals surface area (Å²) >= 11 is 0. The highest BCUT2D eigenvalue weighted by atomic mass is 31.2. The molecule has 14 nitrogen and oxygen atoms in total. The SMILES string of the molecule is C[C@H](N[P@@](=O)(OC[C@@]1(C#N)O[C@@H](c2ccc3c(N)ncnn23)[C@H](O)[C@@H]1O)Oc1ccccc1)C(=O)OC1CCC(C(C)(C)C)CC1. The van der Waals surface area contributed by atoms with Crippen molar-refractivity contribution in [2.24, 2.45) is 11.3 Å². The van der Waals surface area contributed by atoms with Crippen LogP contribution in [0.5, 0.6) is 5.75 Å². The highest BCUT2D eigenvalue weighted by Crippen LogP contribution is 2.48. The number of nitrogens with one attached hydrogen (secondary N) is 1. The van der Waals surface area contributed by atoms with Gasteiger partial charge in [-0.2, -0.15) is 15.4 Å². The second kappa shape index (κ2) is 13.3. The Bertz CT molecular complexity index is 1620. The van der Waals surface area contributed by atoms with Crippen molar-refractivity contribution >= 4 is 25.1 Å². The molecule has 1 saturated carbocycles. The third-order valence-corrected chi connectivity index (χ3v) is 10.4. The van der Waals surface area contributed by atoms with Gasteiger partial charge in [0.25, 0.3) is 0 Å². The van der Waals surface area contributed by atoms with Gasteiger partial charge in [-0.05, 0) is 68.2 Å². The number of fused-ring (bicyclic) bond motifs is 1. The Morgan fingerprint density at radius 2 is 1.91 bits per heavy atom. The molecule has 0 amide bonds. The topological polar surface area (TPSA) is 204 Å². The van der Waals surface area contributed by atoms with E-state index in [2.05, 4.69) is 35.9 Å². The van der Waals surface area contributed by atoms with Crippen molar-refractivity contribution in [2.45, 2.75) is 89.4 Å². The quantitative estimate of drug-likeness (QED) is 0.182. The van der Waals surface area contributed by atoms with Crippen LogP contribution in [0.3, 0.4) is 0 Å². The third kappa shape index (κ3) is 7.05. The molecule has 0 radical (unpaired) electrons. The molecule has 248 valence electrons. The van der Waals surface area contributed by atoms with Gasteiger partial charge in [-0.15, -0.1) is 0 Å². The van der Waals surface area contributed by atoms with Crippen molar-refractivity contribution in [3.8, 4) is 11.8 Å². The molecule has 3 heterocycles. The summed E-state index contributed by atoms with van der Waals surface area (Å²) in [6, 6.07) is 12.1. The molecule has 15 heteroatoms. The first-order valence-corrected chi connectivity index (χ1v) is 16.8. The molecule has 1 saturated heterocycles. The van der Waals surface area contributed by atoms with Crippen molar-refractivity contribution in [3.63, 3.8) is 0 Å². The van der Waals surface area contributed by atoms with Crippen molar-refractivity contribution in [1.29, 1.82) is 5.26 Å². The van der Waals surface area contributed by atoms with Crippen LogP contribution in [-0.2, 0) is 23.4 Å². The van der Waals surface area contributed by atoms with Gasteiger partial charge in [-0.1, -0.05) is 39.0 Å². The lowest BCUT2D eigenvalue weighted by atomic mass is 9.72. The Morgan fingerprint density at radius 3 is 2.57 bits per heavy atom. The summed E-state index contributed by atoms with van der Waals surface area (Å²) in [5.74, 6) is 0.240. The Kier molecular flexibility index (Phi) is 9.75. The Labute approximate surface area is 267 Å². The summed E-state index contributed by atoms with van der Waals surface area (Å²) < 4.78 is 38.7. The van der Waals surface area contributed by atoms with Crippen LogP contribution in [0, 0.1) is 22.7 Å². The number of esters is 1. The number of aromatic nitrogens is 3. The van der Waals surface area contributed by atoms with Gasteiger partial charge in [-0.3, -0.25) is 9.32 Å². The second-order valence-electron chi connectivity index (χ2n) is 13.0. The molecule has 5 N–H and O–H groups in total. The number of rotatable bonds is 10.